The minimum absolute atomic E-state index is 0.0791. The van der Waals surface area contributed by atoms with E-state index in [1.165, 1.54) is 18.2 Å². The van der Waals surface area contributed by atoms with E-state index in [0.29, 0.717) is 12.1 Å². The van der Waals surface area contributed by atoms with Crippen LogP contribution < -0.4 is 0 Å². The minimum Gasteiger partial charge on any atom is -0.477 e. The molecule has 1 aliphatic heterocycles. The number of ether oxygens (including phenoxy) is 2. The molecule has 1 aromatic heterocycles. The number of aryl methyl sites for hydroxylation is 1. The number of pyridine rings is 1. The van der Waals surface area contributed by atoms with Crippen LogP contribution in [0.2, 0.25) is 0 Å². The largest absolute Gasteiger partial charge is 0.477 e. The Morgan fingerprint density at radius 3 is 2.45 bits per heavy atom. The standard InChI is InChI=1S/C16H21NO4.C7H7NO2/c1-12-7-6-10-17(14(12)15(18)20-2)16(19)21-11-13-8-4-3-5-9-13;1-5-3-2-4-8-6(5)7(9)10/h3-5,8-9,12,14H,6-7,10-11H2,1-2H3;2-4H,1H3,(H,9,10). The fourth-order valence-corrected chi connectivity index (χ4v) is 3.38. The molecule has 2 aromatic rings. The van der Waals surface area contributed by atoms with Gasteiger partial charge in [0.1, 0.15) is 12.6 Å². The van der Waals surface area contributed by atoms with Crippen molar-refractivity contribution < 1.29 is 29.0 Å². The normalized spacial score (nSPS) is 17.7. The lowest BCUT2D eigenvalue weighted by molar-refractivity contribution is -0.149. The molecule has 166 valence electrons. The van der Waals surface area contributed by atoms with Crippen LogP contribution in [0.25, 0.3) is 0 Å². The molecule has 0 spiro atoms. The van der Waals surface area contributed by atoms with Crippen LogP contribution in [0.1, 0.15) is 41.4 Å². The first-order valence-electron chi connectivity index (χ1n) is 10.0. The number of benzene rings is 1. The van der Waals surface area contributed by atoms with Crippen molar-refractivity contribution in [2.75, 3.05) is 13.7 Å². The number of carbonyl (C=O) groups is 3. The Balaban J connectivity index is 0.000000285. The zero-order valence-electron chi connectivity index (χ0n) is 18.0. The van der Waals surface area contributed by atoms with Crippen molar-refractivity contribution in [3.63, 3.8) is 0 Å². The summed E-state index contributed by atoms with van der Waals surface area (Å²) in [4.78, 5) is 39.7. The Labute approximate surface area is 181 Å². The van der Waals surface area contributed by atoms with Gasteiger partial charge in [0.25, 0.3) is 0 Å². The van der Waals surface area contributed by atoms with Gasteiger partial charge in [-0.05, 0) is 42.9 Å². The van der Waals surface area contributed by atoms with Crippen LogP contribution in [-0.2, 0) is 20.9 Å². The zero-order valence-corrected chi connectivity index (χ0v) is 18.0. The van der Waals surface area contributed by atoms with Gasteiger partial charge in [0.2, 0.25) is 0 Å². The third kappa shape index (κ3) is 6.80. The zero-order chi connectivity index (χ0) is 22.8. The van der Waals surface area contributed by atoms with Crippen LogP contribution in [-0.4, -0.2) is 52.7 Å². The van der Waals surface area contributed by atoms with Crippen LogP contribution >= 0.6 is 0 Å². The van der Waals surface area contributed by atoms with Crippen molar-refractivity contribution in [1.82, 2.24) is 9.88 Å². The van der Waals surface area contributed by atoms with Crippen molar-refractivity contribution in [3.05, 3.63) is 65.5 Å². The van der Waals surface area contributed by atoms with E-state index in [0.717, 1.165) is 18.4 Å². The van der Waals surface area contributed by atoms with Crippen molar-refractivity contribution in [3.8, 4) is 0 Å². The number of hydrogen-bond donors (Lipinski definition) is 1. The summed E-state index contributed by atoms with van der Waals surface area (Å²) in [5.41, 5.74) is 1.74. The predicted octanol–water partition coefficient (Wildman–Crippen LogP) is 3.68. The van der Waals surface area contributed by atoms with Crippen LogP contribution in [0.4, 0.5) is 4.79 Å². The van der Waals surface area contributed by atoms with Crippen LogP contribution in [0, 0.1) is 12.8 Å². The lowest BCUT2D eigenvalue weighted by Crippen LogP contribution is -2.52. The molecule has 3 rings (SSSR count). The van der Waals surface area contributed by atoms with Crippen molar-refractivity contribution in [2.24, 2.45) is 5.92 Å². The molecule has 0 saturated carbocycles. The highest BCUT2D eigenvalue weighted by molar-refractivity contribution is 5.86. The fraction of sp³-hybridized carbons (Fsp3) is 0.391. The smallest absolute Gasteiger partial charge is 0.410 e. The second-order valence-electron chi connectivity index (χ2n) is 7.30. The average Bonchev–Trinajstić information content (AvgIpc) is 2.78. The number of aromatic nitrogens is 1. The number of rotatable bonds is 4. The number of amides is 1. The summed E-state index contributed by atoms with van der Waals surface area (Å²) in [6, 6.07) is 12.4. The van der Waals surface area contributed by atoms with Crippen molar-refractivity contribution in [1.29, 1.82) is 0 Å². The number of nitrogens with zero attached hydrogens (tertiary/aromatic N) is 2. The molecule has 2 heterocycles. The van der Waals surface area contributed by atoms with Gasteiger partial charge in [-0.25, -0.2) is 19.4 Å². The Bertz CT molecular complexity index is 887. The van der Waals surface area contributed by atoms with E-state index >= 15 is 0 Å². The molecule has 1 saturated heterocycles. The fourth-order valence-electron chi connectivity index (χ4n) is 3.38. The third-order valence-corrected chi connectivity index (χ3v) is 5.03. The molecule has 0 radical (unpaired) electrons. The van der Waals surface area contributed by atoms with E-state index in [2.05, 4.69) is 4.98 Å². The van der Waals surface area contributed by atoms with Crippen molar-refractivity contribution in [2.45, 2.75) is 39.3 Å². The topological polar surface area (TPSA) is 106 Å². The second kappa shape index (κ2) is 11.7. The highest BCUT2D eigenvalue weighted by atomic mass is 16.6. The summed E-state index contributed by atoms with van der Waals surface area (Å²) in [5.74, 6) is -1.27. The molecule has 0 bridgehead atoms. The van der Waals surface area contributed by atoms with Gasteiger partial charge < -0.3 is 14.6 Å². The van der Waals surface area contributed by atoms with E-state index < -0.39 is 18.1 Å². The molecule has 31 heavy (non-hydrogen) atoms. The maximum absolute atomic E-state index is 12.2. The van der Waals surface area contributed by atoms with E-state index in [1.54, 1.807) is 19.1 Å². The van der Waals surface area contributed by atoms with Gasteiger partial charge >= 0.3 is 18.0 Å². The molecule has 8 heteroatoms. The monoisotopic (exact) mass is 428 g/mol. The van der Waals surface area contributed by atoms with Crippen LogP contribution in [0.3, 0.4) is 0 Å². The van der Waals surface area contributed by atoms with Gasteiger partial charge in [-0.3, -0.25) is 4.90 Å². The first kappa shape index (κ1) is 23.9. The maximum Gasteiger partial charge on any atom is 0.410 e. The Morgan fingerprint density at radius 1 is 1.16 bits per heavy atom. The molecule has 1 aliphatic rings. The second-order valence-corrected chi connectivity index (χ2v) is 7.30. The number of carboxylic acids is 1. The maximum atomic E-state index is 12.2. The molecule has 0 aliphatic carbocycles. The molecular formula is C23H28N2O6. The number of carbonyl (C=O) groups excluding carboxylic acids is 2. The van der Waals surface area contributed by atoms with Crippen LogP contribution in [0.15, 0.2) is 48.7 Å². The highest BCUT2D eigenvalue weighted by Crippen LogP contribution is 2.25. The van der Waals surface area contributed by atoms with Gasteiger partial charge in [-0.15, -0.1) is 0 Å². The molecule has 1 aromatic carbocycles. The first-order valence-corrected chi connectivity index (χ1v) is 10.0. The third-order valence-electron chi connectivity index (χ3n) is 5.03. The molecule has 1 amide bonds. The quantitative estimate of drug-likeness (QED) is 0.740. The number of carboxylic acid groups (broad SMARTS) is 1. The molecular weight excluding hydrogens is 400 g/mol. The van der Waals surface area contributed by atoms with Crippen LogP contribution in [0.5, 0.6) is 0 Å². The highest BCUT2D eigenvalue weighted by Gasteiger charge is 2.38. The van der Waals surface area contributed by atoms with Gasteiger partial charge in [-0.2, -0.15) is 0 Å². The van der Waals surface area contributed by atoms with Gasteiger partial charge in [0.05, 0.1) is 7.11 Å². The summed E-state index contributed by atoms with van der Waals surface area (Å²) in [6.07, 6.45) is 2.79. The lowest BCUT2D eigenvalue weighted by atomic mass is 9.91. The average molecular weight is 428 g/mol. The number of hydrogen-bond acceptors (Lipinski definition) is 6. The lowest BCUT2D eigenvalue weighted by Gasteiger charge is -2.37. The summed E-state index contributed by atoms with van der Waals surface area (Å²) < 4.78 is 10.1. The Morgan fingerprint density at radius 2 is 1.87 bits per heavy atom. The number of aromatic carboxylic acids is 1. The molecule has 8 nitrogen and oxygen atoms in total. The van der Waals surface area contributed by atoms with E-state index in [4.69, 9.17) is 14.6 Å². The predicted molar refractivity (Wildman–Crippen MR) is 113 cm³/mol. The Hall–Kier alpha value is -3.42. The number of likely N-dealkylation sites (tertiary alicyclic amines) is 1. The number of methoxy groups -OCH3 is 1. The summed E-state index contributed by atoms with van der Waals surface area (Å²) in [5, 5.41) is 8.50. The SMILES string of the molecule is COC(=O)C1C(C)CCCN1C(=O)OCc1ccccc1.Cc1cccnc1C(=O)O. The van der Waals surface area contributed by atoms with E-state index in [-0.39, 0.29) is 24.2 Å². The summed E-state index contributed by atoms with van der Waals surface area (Å²) in [6.45, 7) is 4.41. The first-order chi connectivity index (χ1) is 14.8. The summed E-state index contributed by atoms with van der Waals surface area (Å²) >= 11 is 0. The number of esters is 1. The van der Waals surface area contributed by atoms with Gasteiger partial charge in [0, 0.05) is 12.7 Å². The van der Waals surface area contributed by atoms with E-state index in [9.17, 15) is 14.4 Å². The Kier molecular flexibility index (Phi) is 8.99. The molecule has 2 atom stereocenters. The van der Waals surface area contributed by atoms with Crippen molar-refractivity contribution >= 4 is 18.0 Å². The molecule has 1 fully saturated rings. The summed E-state index contributed by atoms with van der Waals surface area (Å²) in [7, 11) is 1.34. The van der Waals surface area contributed by atoms with Gasteiger partial charge in [0.15, 0.2) is 5.69 Å². The van der Waals surface area contributed by atoms with Gasteiger partial charge in [-0.1, -0.05) is 43.3 Å². The molecule has 1 N–H and O–H groups in total. The minimum atomic E-state index is -0.974. The van der Waals surface area contributed by atoms with E-state index in [1.807, 2.05) is 37.3 Å². The molecule has 2 unspecified atom stereocenters. The number of piperidine rings is 1.